The van der Waals surface area contributed by atoms with Crippen LogP contribution >= 0.6 is 0 Å². The van der Waals surface area contributed by atoms with E-state index in [4.69, 9.17) is 9.94 Å². The van der Waals surface area contributed by atoms with Crippen molar-refractivity contribution in [2.75, 3.05) is 13.7 Å². The molecule has 0 aliphatic rings. The summed E-state index contributed by atoms with van der Waals surface area (Å²) in [5.41, 5.74) is 3.37. The number of methoxy groups -OCH3 is 1. The Balaban J connectivity index is 1.85. The number of carbonyl (C=O) groups is 2. The van der Waals surface area contributed by atoms with Crippen molar-refractivity contribution in [2.45, 2.75) is 6.42 Å². The predicted octanol–water partition coefficient (Wildman–Crippen LogP) is 1.79. The summed E-state index contributed by atoms with van der Waals surface area (Å²) in [7, 11) is 1.62. The normalized spacial score (nSPS) is 10.0. The smallest absolute Gasteiger partial charge is 0.274 e. The van der Waals surface area contributed by atoms with Crippen molar-refractivity contribution in [2.24, 2.45) is 0 Å². The number of hydroxylamine groups is 1. The maximum absolute atomic E-state index is 12.0. The molecule has 0 aliphatic carbocycles. The lowest BCUT2D eigenvalue weighted by Crippen LogP contribution is -2.26. The lowest BCUT2D eigenvalue weighted by atomic mass is 10.1. The minimum absolute atomic E-state index is 0.213. The molecule has 6 heteroatoms. The van der Waals surface area contributed by atoms with Gasteiger partial charge in [-0.25, -0.2) is 5.48 Å². The molecule has 0 radical (unpaired) electrons. The van der Waals surface area contributed by atoms with Gasteiger partial charge in [-0.15, -0.1) is 0 Å². The summed E-state index contributed by atoms with van der Waals surface area (Å²) in [5.74, 6) is -0.0317. The first-order valence-electron chi connectivity index (χ1n) is 7.09. The molecule has 0 spiro atoms. The average molecular weight is 314 g/mol. The minimum atomic E-state index is -0.614. The average Bonchev–Trinajstić information content (AvgIpc) is 2.61. The summed E-state index contributed by atoms with van der Waals surface area (Å²) in [5, 5.41) is 11.4. The van der Waals surface area contributed by atoms with Gasteiger partial charge in [0, 0.05) is 17.7 Å². The van der Waals surface area contributed by atoms with Crippen LogP contribution in [0.5, 0.6) is 5.75 Å². The summed E-state index contributed by atoms with van der Waals surface area (Å²) in [4.78, 5) is 23.2. The largest absolute Gasteiger partial charge is 0.497 e. The second-order valence-corrected chi connectivity index (χ2v) is 4.87. The summed E-state index contributed by atoms with van der Waals surface area (Å²) >= 11 is 0. The van der Waals surface area contributed by atoms with E-state index in [0.29, 0.717) is 18.5 Å². The molecule has 2 amide bonds. The zero-order valence-corrected chi connectivity index (χ0v) is 12.7. The highest BCUT2D eigenvalue weighted by Crippen LogP contribution is 2.11. The van der Waals surface area contributed by atoms with Gasteiger partial charge in [-0.05, 0) is 48.4 Å². The highest BCUT2D eigenvalue weighted by atomic mass is 16.5. The molecule has 3 N–H and O–H groups in total. The van der Waals surface area contributed by atoms with E-state index in [0.717, 1.165) is 11.3 Å². The van der Waals surface area contributed by atoms with E-state index in [1.54, 1.807) is 12.6 Å². The van der Waals surface area contributed by atoms with E-state index in [2.05, 4.69) is 5.32 Å². The first-order valence-corrected chi connectivity index (χ1v) is 7.09. The first-order chi connectivity index (χ1) is 11.1. The Morgan fingerprint density at radius 3 is 2.04 bits per heavy atom. The topological polar surface area (TPSA) is 87.7 Å². The molecule has 2 rings (SSSR count). The SMILES string of the molecule is COc1ccc(CCNC(=O)c2ccc(C(=O)NO)cc2)cc1. The summed E-state index contributed by atoms with van der Waals surface area (Å²) in [6, 6.07) is 13.7. The van der Waals surface area contributed by atoms with Crippen LogP contribution in [0.3, 0.4) is 0 Å². The molecular formula is C17H18N2O4. The van der Waals surface area contributed by atoms with Crippen molar-refractivity contribution in [1.29, 1.82) is 0 Å². The molecule has 0 aliphatic heterocycles. The molecule has 120 valence electrons. The number of hydrogen-bond acceptors (Lipinski definition) is 4. The van der Waals surface area contributed by atoms with Crippen LogP contribution in [-0.4, -0.2) is 30.7 Å². The zero-order chi connectivity index (χ0) is 16.7. The maximum Gasteiger partial charge on any atom is 0.274 e. The predicted molar refractivity (Wildman–Crippen MR) is 84.7 cm³/mol. The summed E-state index contributed by atoms with van der Waals surface area (Å²) in [6.45, 7) is 0.504. The number of carbonyl (C=O) groups excluding carboxylic acids is 2. The highest BCUT2D eigenvalue weighted by molar-refractivity contribution is 5.97. The molecule has 0 unspecified atom stereocenters. The molecule has 0 bridgehead atoms. The fourth-order valence-electron chi connectivity index (χ4n) is 2.05. The Morgan fingerprint density at radius 2 is 1.52 bits per heavy atom. The molecule has 0 saturated heterocycles. The quantitative estimate of drug-likeness (QED) is 0.560. The van der Waals surface area contributed by atoms with Crippen molar-refractivity contribution in [3.63, 3.8) is 0 Å². The lowest BCUT2D eigenvalue weighted by Gasteiger charge is -2.07. The van der Waals surface area contributed by atoms with Gasteiger partial charge in [-0.2, -0.15) is 0 Å². The second-order valence-electron chi connectivity index (χ2n) is 4.87. The maximum atomic E-state index is 12.0. The number of amides is 2. The molecule has 2 aromatic rings. The fraction of sp³-hybridized carbons (Fsp3) is 0.176. The Hall–Kier alpha value is -2.86. The first kappa shape index (κ1) is 16.5. The third-order valence-electron chi connectivity index (χ3n) is 3.37. The van der Waals surface area contributed by atoms with Crippen molar-refractivity contribution >= 4 is 11.8 Å². The zero-order valence-electron chi connectivity index (χ0n) is 12.7. The molecule has 0 atom stereocenters. The van der Waals surface area contributed by atoms with Gasteiger partial charge in [0.25, 0.3) is 11.8 Å². The van der Waals surface area contributed by atoms with E-state index in [1.165, 1.54) is 24.3 Å². The van der Waals surface area contributed by atoms with Crippen LogP contribution in [0.1, 0.15) is 26.3 Å². The Bertz CT molecular complexity index is 666. The van der Waals surface area contributed by atoms with Crippen LogP contribution < -0.4 is 15.5 Å². The fourth-order valence-corrected chi connectivity index (χ4v) is 2.05. The monoisotopic (exact) mass is 314 g/mol. The molecule has 2 aromatic carbocycles. The van der Waals surface area contributed by atoms with E-state index >= 15 is 0 Å². The molecular weight excluding hydrogens is 296 g/mol. The van der Waals surface area contributed by atoms with Crippen molar-refractivity contribution in [3.8, 4) is 5.75 Å². The molecule has 0 saturated carbocycles. The summed E-state index contributed by atoms with van der Waals surface area (Å²) in [6.07, 6.45) is 0.709. The van der Waals surface area contributed by atoms with Gasteiger partial charge in [-0.1, -0.05) is 12.1 Å². The van der Waals surface area contributed by atoms with Gasteiger partial charge >= 0.3 is 0 Å². The minimum Gasteiger partial charge on any atom is -0.497 e. The number of rotatable bonds is 6. The number of nitrogens with one attached hydrogen (secondary N) is 2. The number of benzene rings is 2. The Kier molecular flexibility index (Phi) is 5.71. The van der Waals surface area contributed by atoms with Crippen LogP contribution in [-0.2, 0) is 6.42 Å². The van der Waals surface area contributed by atoms with E-state index < -0.39 is 5.91 Å². The third-order valence-corrected chi connectivity index (χ3v) is 3.37. The van der Waals surface area contributed by atoms with E-state index in [1.807, 2.05) is 24.3 Å². The number of ether oxygens (including phenoxy) is 1. The van der Waals surface area contributed by atoms with Crippen LogP contribution in [0.4, 0.5) is 0 Å². The van der Waals surface area contributed by atoms with Crippen LogP contribution in [0.25, 0.3) is 0 Å². The second kappa shape index (κ2) is 7.95. The van der Waals surface area contributed by atoms with Gasteiger partial charge < -0.3 is 10.1 Å². The lowest BCUT2D eigenvalue weighted by molar-refractivity contribution is 0.0706. The van der Waals surface area contributed by atoms with Crippen LogP contribution in [0.2, 0.25) is 0 Å². The Morgan fingerprint density at radius 1 is 0.957 bits per heavy atom. The van der Waals surface area contributed by atoms with Crippen LogP contribution in [0.15, 0.2) is 48.5 Å². The van der Waals surface area contributed by atoms with Crippen molar-refractivity contribution < 1.29 is 19.5 Å². The number of hydrogen-bond donors (Lipinski definition) is 3. The van der Waals surface area contributed by atoms with Gasteiger partial charge in [0.2, 0.25) is 0 Å². The molecule has 0 aromatic heterocycles. The van der Waals surface area contributed by atoms with Crippen molar-refractivity contribution in [1.82, 2.24) is 10.8 Å². The third kappa shape index (κ3) is 4.55. The van der Waals surface area contributed by atoms with E-state index in [9.17, 15) is 9.59 Å². The van der Waals surface area contributed by atoms with Crippen LogP contribution in [0, 0.1) is 0 Å². The standard InChI is InChI=1S/C17H18N2O4/c1-23-15-8-2-12(3-9-15)10-11-18-16(20)13-4-6-14(7-5-13)17(21)19-22/h2-9,22H,10-11H2,1H3,(H,18,20)(H,19,21). The molecule has 0 fully saturated rings. The highest BCUT2D eigenvalue weighted by Gasteiger charge is 2.08. The molecule has 0 heterocycles. The van der Waals surface area contributed by atoms with Gasteiger partial charge in [0.05, 0.1) is 7.11 Å². The van der Waals surface area contributed by atoms with Gasteiger partial charge in [0.1, 0.15) is 5.75 Å². The molecule has 6 nitrogen and oxygen atoms in total. The summed E-state index contributed by atoms with van der Waals surface area (Å²) < 4.78 is 5.09. The van der Waals surface area contributed by atoms with Gasteiger partial charge in [-0.3, -0.25) is 14.8 Å². The van der Waals surface area contributed by atoms with Gasteiger partial charge in [0.15, 0.2) is 0 Å². The Labute approximate surface area is 134 Å². The van der Waals surface area contributed by atoms with E-state index in [-0.39, 0.29) is 11.5 Å². The molecule has 23 heavy (non-hydrogen) atoms. The van der Waals surface area contributed by atoms with Crippen molar-refractivity contribution in [3.05, 3.63) is 65.2 Å².